The number of non-ortho nitro benzene ring substituents is 1. The lowest BCUT2D eigenvalue weighted by molar-refractivity contribution is -0.384. The molecule has 2 aromatic carbocycles. The van der Waals surface area contributed by atoms with Crippen molar-refractivity contribution in [3.05, 3.63) is 74.7 Å². The largest absolute Gasteiger partial charge is 0.325 e. The number of carbonyl (C=O) groups excluding carboxylic acids is 3. The average molecular weight is 397 g/mol. The summed E-state index contributed by atoms with van der Waals surface area (Å²) in [5.74, 6) is -1.11. The minimum Gasteiger partial charge on any atom is -0.325 e. The highest BCUT2D eigenvalue weighted by molar-refractivity contribution is 8.18. The summed E-state index contributed by atoms with van der Waals surface area (Å²) in [4.78, 5) is 48.0. The summed E-state index contributed by atoms with van der Waals surface area (Å²) in [6, 6.07) is 12.8. The van der Waals surface area contributed by atoms with Crippen LogP contribution in [0.15, 0.2) is 53.4 Å². The maximum Gasteiger partial charge on any atom is 0.294 e. The number of amides is 3. The van der Waals surface area contributed by atoms with E-state index in [1.807, 2.05) is 19.1 Å². The van der Waals surface area contributed by atoms with E-state index >= 15 is 0 Å². The van der Waals surface area contributed by atoms with E-state index in [0.29, 0.717) is 23.0 Å². The van der Waals surface area contributed by atoms with Gasteiger partial charge in [-0.15, -0.1) is 0 Å². The minimum absolute atomic E-state index is 0.105. The van der Waals surface area contributed by atoms with E-state index in [-0.39, 0.29) is 10.6 Å². The van der Waals surface area contributed by atoms with Gasteiger partial charge in [-0.25, -0.2) is 0 Å². The van der Waals surface area contributed by atoms with E-state index in [1.54, 1.807) is 18.2 Å². The van der Waals surface area contributed by atoms with Gasteiger partial charge >= 0.3 is 0 Å². The molecule has 1 fully saturated rings. The third kappa shape index (κ3) is 4.44. The number of benzene rings is 2. The van der Waals surface area contributed by atoms with Crippen molar-refractivity contribution in [3.8, 4) is 0 Å². The molecule has 0 spiro atoms. The predicted molar refractivity (Wildman–Crippen MR) is 106 cm³/mol. The summed E-state index contributed by atoms with van der Waals surface area (Å²) in [7, 11) is 0. The van der Waals surface area contributed by atoms with Gasteiger partial charge in [0.15, 0.2) is 0 Å². The van der Waals surface area contributed by atoms with Crippen LogP contribution >= 0.6 is 11.8 Å². The Kier molecular flexibility index (Phi) is 5.55. The Hall–Kier alpha value is -3.46. The third-order valence-electron chi connectivity index (χ3n) is 3.89. The number of nitro groups is 1. The molecule has 9 heteroatoms. The molecule has 0 radical (unpaired) electrons. The number of hydrogen-bond donors (Lipinski definition) is 1. The highest BCUT2D eigenvalue weighted by atomic mass is 32.2. The molecular weight excluding hydrogens is 382 g/mol. The zero-order valence-corrected chi connectivity index (χ0v) is 15.6. The summed E-state index contributed by atoms with van der Waals surface area (Å²) >= 11 is 0.690. The average Bonchev–Trinajstić information content (AvgIpc) is 2.91. The second-order valence-corrected chi connectivity index (χ2v) is 7.03. The Balaban J connectivity index is 1.71. The fourth-order valence-corrected chi connectivity index (χ4v) is 3.34. The van der Waals surface area contributed by atoms with Crippen molar-refractivity contribution in [1.29, 1.82) is 0 Å². The van der Waals surface area contributed by atoms with Gasteiger partial charge in [0.05, 0.1) is 9.83 Å². The van der Waals surface area contributed by atoms with Crippen molar-refractivity contribution < 1.29 is 19.3 Å². The second-order valence-electron chi connectivity index (χ2n) is 6.03. The fraction of sp³-hybridized carbons (Fsp3) is 0.105. The van der Waals surface area contributed by atoms with Crippen LogP contribution in [0.25, 0.3) is 6.08 Å². The van der Waals surface area contributed by atoms with Gasteiger partial charge in [-0.3, -0.25) is 29.4 Å². The molecule has 0 bridgehead atoms. The summed E-state index contributed by atoms with van der Waals surface area (Å²) in [5, 5.41) is 12.9. The molecule has 142 valence electrons. The molecule has 28 heavy (non-hydrogen) atoms. The van der Waals surface area contributed by atoms with Crippen LogP contribution in [0.4, 0.5) is 16.2 Å². The maximum absolute atomic E-state index is 12.5. The van der Waals surface area contributed by atoms with E-state index in [9.17, 15) is 24.5 Å². The van der Waals surface area contributed by atoms with Gasteiger partial charge in [-0.1, -0.05) is 29.8 Å². The summed E-state index contributed by atoms with van der Waals surface area (Å²) in [5.41, 5.74) is 1.90. The molecule has 1 N–H and O–H groups in total. The van der Waals surface area contributed by atoms with Gasteiger partial charge in [0.25, 0.3) is 16.8 Å². The number of nitrogens with one attached hydrogen (secondary N) is 1. The molecule has 0 aromatic heterocycles. The molecular formula is C19H15N3O5S. The Morgan fingerprint density at radius 1 is 1.21 bits per heavy atom. The molecule has 0 unspecified atom stereocenters. The van der Waals surface area contributed by atoms with Gasteiger partial charge in [0.1, 0.15) is 6.54 Å². The van der Waals surface area contributed by atoms with Gasteiger partial charge in [0.2, 0.25) is 5.91 Å². The van der Waals surface area contributed by atoms with Crippen LogP contribution in [0.5, 0.6) is 0 Å². The lowest BCUT2D eigenvalue weighted by atomic mass is 10.2. The first-order valence-corrected chi connectivity index (χ1v) is 9.01. The minimum atomic E-state index is -0.611. The van der Waals surface area contributed by atoms with Gasteiger partial charge < -0.3 is 5.32 Å². The topological polar surface area (TPSA) is 110 Å². The molecule has 1 saturated heterocycles. The smallest absolute Gasteiger partial charge is 0.294 e. The normalized spacial score (nSPS) is 15.2. The van der Waals surface area contributed by atoms with E-state index in [1.165, 1.54) is 24.3 Å². The first-order chi connectivity index (χ1) is 13.3. The Bertz CT molecular complexity index is 1000. The fourth-order valence-electron chi connectivity index (χ4n) is 2.50. The first-order valence-electron chi connectivity index (χ1n) is 8.20. The molecule has 1 heterocycles. The monoisotopic (exact) mass is 397 g/mol. The molecule has 1 aliphatic rings. The molecule has 3 rings (SSSR count). The molecule has 0 atom stereocenters. The summed E-state index contributed by atoms with van der Waals surface area (Å²) in [6.45, 7) is 1.50. The lowest BCUT2D eigenvalue weighted by Crippen LogP contribution is -2.36. The number of thioether (sulfide) groups is 1. The van der Waals surface area contributed by atoms with Crippen molar-refractivity contribution in [2.45, 2.75) is 6.92 Å². The van der Waals surface area contributed by atoms with Gasteiger partial charge in [-0.2, -0.15) is 0 Å². The van der Waals surface area contributed by atoms with Crippen LogP contribution in [-0.4, -0.2) is 33.4 Å². The predicted octanol–water partition coefficient (Wildman–Crippen LogP) is 3.58. The first kappa shape index (κ1) is 19.3. The Morgan fingerprint density at radius 2 is 1.93 bits per heavy atom. The van der Waals surface area contributed by atoms with E-state index in [0.717, 1.165) is 10.5 Å². The van der Waals surface area contributed by atoms with E-state index < -0.39 is 28.5 Å². The van der Waals surface area contributed by atoms with E-state index in [2.05, 4.69) is 5.32 Å². The number of anilines is 1. The lowest BCUT2D eigenvalue weighted by Gasteiger charge is -2.12. The van der Waals surface area contributed by atoms with Gasteiger partial charge in [-0.05, 0) is 42.5 Å². The van der Waals surface area contributed by atoms with Crippen molar-refractivity contribution in [2.75, 3.05) is 11.9 Å². The van der Waals surface area contributed by atoms with Crippen LogP contribution < -0.4 is 5.32 Å². The van der Waals surface area contributed by atoms with Crippen LogP contribution in [-0.2, 0) is 9.59 Å². The van der Waals surface area contributed by atoms with Crippen LogP contribution in [0.2, 0.25) is 0 Å². The highest BCUT2D eigenvalue weighted by Gasteiger charge is 2.36. The molecule has 8 nitrogen and oxygen atoms in total. The van der Waals surface area contributed by atoms with Crippen LogP contribution in [0, 0.1) is 17.0 Å². The number of aryl methyl sites for hydroxylation is 1. The standard InChI is InChI=1S/C19H15N3O5S/c1-12-5-7-14(8-6-12)20-17(23)11-21-18(24)16(28-19(21)25)10-13-3-2-4-15(9-13)22(26)27/h2-10H,11H2,1H3,(H,20,23)/b16-10-. The van der Waals surface area contributed by atoms with Crippen molar-refractivity contribution >= 4 is 46.3 Å². The highest BCUT2D eigenvalue weighted by Crippen LogP contribution is 2.32. The van der Waals surface area contributed by atoms with Crippen molar-refractivity contribution in [1.82, 2.24) is 4.90 Å². The molecule has 1 aliphatic heterocycles. The summed E-state index contributed by atoms with van der Waals surface area (Å²) in [6.07, 6.45) is 1.40. The summed E-state index contributed by atoms with van der Waals surface area (Å²) < 4.78 is 0. The number of carbonyl (C=O) groups is 3. The number of hydrogen-bond acceptors (Lipinski definition) is 6. The number of imide groups is 1. The molecule has 0 saturated carbocycles. The van der Waals surface area contributed by atoms with Gasteiger partial charge in [0, 0.05) is 17.8 Å². The van der Waals surface area contributed by atoms with Crippen LogP contribution in [0.3, 0.4) is 0 Å². The SMILES string of the molecule is Cc1ccc(NC(=O)CN2C(=O)S/C(=C\c3cccc([N+](=O)[O-])c3)C2=O)cc1. The number of rotatable bonds is 5. The maximum atomic E-state index is 12.5. The van der Waals surface area contributed by atoms with Crippen molar-refractivity contribution in [3.63, 3.8) is 0 Å². The van der Waals surface area contributed by atoms with Crippen molar-refractivity contribution in [2.24, 2.45) is 0 Å². The molecule has 3 amide bonds. The number of nitrogens with zero attached hydrogens (tertiary/aromatic N) is 2. The Morgan fingerprint density at radius 3 is 2.61 bits per heavy atom. The zero-order chi connectivity index (χ0) is 20.3. The third-order valence-corrected chi connectivity index (χ3v) is 4.80. The quantitative estimate of drug-likeness (QED) is 0.469. The Labute approximate surface area is 164 Å². The van der Waals surface area contributed by atoms with Crippen LogP contribution in [0.1, 0.15) is 11.1 Å². The molecule has 2 aromatic rings. The number of nitro benzene ring substituents is 1. The second kappa shape index (κ2) is 8.05. The molecule has 0 aliphatic carbocycles. The van der Waals surface area contributed by atoms with E-state index in [4.69, 9.17) is 0 Å². The zero-order valence-electron chi connectivity index (χ0n) is 14.7.